The molecule has 0 aliphatic heterocycles. The minimum Gasteiger partial charge on any atom is -0.457 e. The number of halogens is 1. The second-order valence-electron chi connectivity index (χ2n) is 3.21. The van der Waals surface area contributed by atoms with Crippen molar-refractivity contribution in [3.05, 3.63) is 60.2 Å². The SMILES string of the molecule is O=C(Br)c1ccc(Oc2ccccc2)cc1. The number of ether oxygens (including phenoxy) is 1. The molecule has 0 bridgehead atoms. The molecule has 0 fully saturated rings. The van der Waals surface area contributed by atoms with E-state index in [1.165, 1.54) is 0 Å². The van der Waals surface area contributed by atoms with E-state index in [9.17, 15) is 4.79 Å². The van der Waals surface area contributed by atoms with Crippen molar-refractivity contribution in [1.82, 2.24) is 0 Å². The van der Waals surface area contributed by atoms with Gasteiger partial charge in [0.05, 0.1) is 0 Å². The molecule has 0 aromatic heterocycles. The van der Waals surface area contributed by atoms with Gasteiger partial charge in [-0.25, -0.2) is 0 Å². The third kappa shape index (κ3) is 2.70. The number of carbonyl (C=O) groups excluding carboxylic acids is 1. The van der Waals surface area contributed by atoms with Gasteiger partial charge in [0, 0.05) is 5.56 Å². The van der Waals surface area contributed by atoms with E-state index in [0.29, 0.717) is 11.3 Å². The molecule has 3 heteroatoms. The molecule has 0 atom stereocenters. The summed E-state index contributed by atoms with van der Waals surface area (Å²) in [5, 5.41) is 0. The van der Waals surface area contributed by atoms with Crippen LogP contribution in [0.4, 0.5) is 0 Å². The second kappa shape index (κ2) is 4.94. The van der Waals surface area contributed by atoms with E-state index in [4.69, 9.17) is 4.74 Å². The minimum absolute atomic E-state index is 0.126. The van der Waals surface area contributed by atoms with Crippen molar-refractivity contribution in [2.75, 3.05) is 0 Å². The molecule has 2 aromatic rings. The predicted molar refractivity (Wildman–Crippen MR) is 66.2 cm³/mol. The van der Waals surface area contributed by atoms with Crippen LogP contribution in [0.5, 0.6) is 11.5 Å². The molecule has 0 aliphatic rings. The van der Waals surface area contributed by atoms with Gasteiger partial charge in [-0.2, -0.15) is 0 Å². The van der Waals surface area contributed by atoms with E-state index in [1.807, 2.05) is 30.3 Å². The summed E-state index contributed by atoms with van der Waals surface area (Å²) in [4.78, 5) is 11.0. The Hall–Kier alpha value is -1.61. The molecule has 80 valence electrons. The van der Waals surface area contributed by atoms with Crippen molar-refractivity contribution < 1.29 is 9.53 Å². The molecular weight excluding hydrogens is 268 g/mol. The average Bonchev–Trinajstić information content (AvgIpc) is 2.31. The average molecular weight is 277 g/mol. The number of hydrogen-bond acceptors (Lipinski definition) is 2. The minimum atomic E-state index is -0.126. The summed E-state index contributed by atoms with van der Waals surface area (Å²) in [6.45, 7) is 0. The quantitative estimate of drug-likeness (QED) is 0.792. The Morgan fingerprint density at radius 3 is 2.00 bits per heavy atom. The van der Waals surface area contributed by atoms with Gasteiger partial charge in [-0.1, -0.05) is 18.2 Å². The van der Waals surface area contributed by atoms with Crippen LogP contribution in [-0.2, 0) is 0 Å². The van der Waals surface area contributed by atoms with E-state index in [0.717, 1.165) is 5.75 Å². The highest BCUT2D eigenvalue weighted by atomic mass is 79.9. The fourth-order valence-electron chi connectivity index (χ4n) is 1.28. The van der Waals surface area contributed by atoms with Gasteiger partial charge in [-0.05, 0) is 52.3 Å². The highest BCUT2D eigenvalue weighted by Crippen LogP contribution is 2.21. The first-order chi connectivity index (χ1) is 7.75. The molecule has 2 rings (SSSR count). The molecule has 0 saturated carbocycles. The summed E-state index contributed by atoms with van der Waals surface area (Å²) < 4.78 is 5.46. The highest BCUT2D eigenvalue weighted by Gasteiger charge is 2.01. The zero-order valence-corrected chi connectivity index (χ0v) is 9.98. The van der Waals surface area contributed by atoms with Gasteiger partial charge in [0.2, 0.25) is 4.69 Å². The van der Waals surface area contributed by atoms with Crippen molar-refractivity contribution in [2.24, 2.45) is 0 Å². The maximum atomic E-state index is 11.0. The number of rotatable bonds is 3. The van der Waals surface area contributed by atoms with Crippen molar-refractivity contribution in [1.29, 1.82) is 0 Å². The van der Waals surface area contributed by atoms with Crippen molar-refractivity contribution in [3.63, 3.8) is 0 Å². The van der Waals surface area contributed by atoms with Crippen molar-refractivity contribution >= 4 is 20.6 Å². The highest BCUT2D eigenvalue weighted by molar-refractivity contribution is 9.18. The summed E-state index contributed by atoms with van der Waals surface area (Å²) in [6.07, 6.45) is 0. The lowest BCUT2D eigenvalue weighted by atomic mass is 10.2. The fraction of sp³-hybridized carbons (Fsp3) is 0. The molecule has 0 spiro atoms. The van der Waals surface area contributed by atoms with Crippen LogP contribution in [0.25, 0.3) is 0 Å². The molecule has 0 heterocycles. The van der Waals surface area contributed by atoms with Gasteiger partial charge >= 0.3 is 0 Å². The normalized spacial score (nSPS) is 9.81. The lowest BCUT2D eigenvalue weighted by molar-refractivity contribution is 0.109. The van der Waals surface area contributed by atoms with E-state index < -0.39 is 0 Å². The van der Waals surface area contributed by atoms with Gasteiger partial charge < -0.3 is 4.74 Å². The Kier molecular flexibility index (Phi) is 3.37. The molecular formula is C13H9BrO2. The van der Waals surface area contributed by atoms with Crippen molar-refractivity contribution in [3.8, 4) is 11.5 Å². The maximum absolute atomic E-state index is 11.0. The molecule has 0 amide bonds. The molecule has 16 heavy (non-hydrogen) atoms. The zero-order chi connectivity index (χ0) is 11.4. The van der Waals surface area contributed by atoms with Crippen LogP contribution >= 0.6 is 15.9 Å². The van der Waals surface area contributed by atoms with Crippen LogP contribution < -0.4 is 4.74 Å². The largest absolute Gasteiger partial charge is 0.457 e. The molecule has 0 unspecified atom stereocenters. The smallest absolute Gasteiger partial charge is 0.228 e. The third-order valence-corrected chi connectivity index (χ3v) is 2.52. The summed E-state index contributed by atoms with van der Waals surface area (Å²) in [5.74, 6) is 1.49. The van der Waals surface area contributed by atoms with Crippen LogP contribution in [0.15, 0.2) is 54.6 Å². The van der Waals surface area contributed by atoms with Crippen LogP contribution in [0.1, 0.15) is 10.4 Å². The maximum Gasteiger partial charge on any atom is 0.228 e. The lowest BCUT2D eigenvalue weighted by Crippen LogP contribution is -1.88. The fourth-order valence-corrected chi connectivity index (χ4v) is 1.54. The Balaban J connectivity index is 2.14. The van der Waals surface area contributed by atoms with E-state index in [1.54, 1.807) is 24.3 Å². The van der Waals surface area contributed by atoms with Gasteiger partial charge in [0.1, 0.15) is 11.5 Å². The summed E-state index contributed by atoms with van der Waals surface area (Å²) in [7, 11) is 0. The Labute approximate surface area is 102 Å². The lowest BCUT2D eigenvalue weighted by Gasteiger charge is -2.05. The standard InChI is InChI=1S/C13H9BrO2/c14-13(15)10-6-8-12(9-7-10)16-11-4-2-1-3-5-11/h1-9H. The first-order valence-corrected chi connectivity index (χ1v) is 5.58. The third-order valence-electron chi connectivity index (χ3n) is 2.06. The molecule has 0 saturated heterocycles. The summed E-state index contributed by atoms with van der Waals surface area (Å²) in [6, 6.07) is 16.5. The monoisotopic (exact) mass is 276 g/mol. The summed E-state index contributed by atoms with van der Waals surface area (Å²) >= 11 is 2.89. The Bertz CT molecular complexity index is 477. The van der Waals surface area contributed by atoms with E-state index >= 15 is 0 Å². The van der Waals surface area contributed by atoms with Crippen LogP contribution in [0.2, 0.25) is 0 Å². The second-order valence-corrected chi connectivity index (χ2v) is 3.93. The van der Waals surface area contributed by atoms with Gasteiger partial charge in [0.15, 0.2) is 0 Å². The first-order valence-electron chi connectivity index (χ1n) is 4.78. The summed E-state index contributed by atoms with van der Waals surface area (Å²) in [5.41, 5.74) is 0.611. The van der Waals surface area contributed by atoms with Gasteiger partial charge in [0.25, 0.3) is 0 Å². The molecule has 2 nitrogen and oxygen atoms in total. The van der Waals surface area contributed by atoms with Gasteiger partial charge in [-0.15, -0.1) is 0 Å². The zero-order valence-electron chi connectivity index (χ0n) is 8.39. The number of hydrogen-bond donors (Lipinski definition) is 0. The van der Waals surface area contributed by atoms with Gasteiger partial charge in [-0.3, -0.25) is 4.79 Å². The Morgan fingerprint density at radius 1 is 0.875 bits per heavy atom. The molecule has 2 aromatic carbocycles. The van der Waals surface area contributed by atoms with E-state index in [2.05, 4.69) is 15.9 Å². The molecule has 0 aliphatic carbocycles. The van der Waals surface area contributed by atoms with E-state index in [-0.39, 0.29) is 4.69 Å². The first kappa shape index (κ1) is 10.9. The number of benzene rings is 2. The predicted octanol–water partition coefficient (Wildman–Crippen LogP) is 4.01. The Morgan fingerprint density at radius 2 is 1.44 bits per heavy atom. The van der Waals surface area contributed by atoms with Crippen molar-refractivity contribution in [2.45, 2.75) is 0 Å². The molecule has 0 N–H and O–H groups in total. The van der Waals surface area contributed by atoms with Crippen LogP contribution in [0.3, 0.4) is 0 Å². The van der Waals surface area contributed by atoms with Crippen LogP contribution in [-0.4, -0.2) is 4.69 Å². The number of para-hydroxylation sites is 1. The topological polar surface area (TPSA) is 26.3 Å². The van der Waals surface area contributed by atoms with Crippen LogP contribution in [0, 0.1) is 0 Å². The number of carbonyl (C=O) groups is 1. The molecule has 0 radical (unpaired) electrons.